The van der Waals surface area contributed by atoms with Crippen molar-refractivity contribution in [3.05, 3.63) is 248 Å². The van der Waals surface area contributed by atoms with Gasteiger partial charge in [-0.15, -0.1) is 0 Å². The number of ether oxygens (including phenoxy) is 1. The summed E-state index contributed by atoms with van der Waals surface area (Å²) in [5, 5.41) is 44.1. The average molecular weight is 1960 g/mol. The molecule has 0 unspecified atom stereocenters. The lowest BCUT2D eigenvalue weighted by Gasteiger charge is -2.33. The Morgan fingerprint density at radius 1 is 0.267 bits per heavy atom. The smallest absolute Gasteiger partial charge is 0.276 e. The zero-order valence-corrected chi connectivity index (χ0v) is 82.9. The van der Waals surface area contributed by atoms with Crippen molar-refractivity contribution in [3.8, 4) is 44.5 Å². The number of hydrogen-bond acceptors (Lipinski definition) is 29. The number of fused-ring (bicyclic) bond motifs is 4. The van der Waals surface area contributed by atoms with Crippen molar-refractivity contribution in [2.45, 2.75) is 45.1 Å². The molecular formula is C109H122N32O5. The number of nitrogens with zero attached hydrogens (tertiary/aromatic N) is 24. The molecule has 20 heterocycles. The number of piperazine rings is 4. The van der Waals surface area contributed by atoms with E-state index in [-0.39, 0.29) is 23.6 Å². The van der Waals surface area contributed by atoms with Gasteiger partial charge in [0.05, 0.1) is 118 Å². The third kappa shape index (κ3) is 22.9. The quantitative estimate of drug-likeness (QED) is 0.0331. The fourth-order valence-electron chi connectivity index (χ4n) is 19.7. The number of nitrogens with one attached hydrogen (secondary N) is 8. The Kier molecular flexibility index (Phi) is 29.4. The highest BCUT2D eigenvalue weighted by molar-refractivity contribution is 6.15. The molecule has 4 amide bonds. The van der Waals surface area contributed by atoms with Crippen molar-refractivity contribution in [3.63, 3.8) is 0 Å². The molecule has 0 aliphatic carbocycles. The molecule has 0 atom stereocenters. The molecule has 0 radical (unpaired) electrons. The number of aromatic nitrogens is 16. The van der Waals surface area contributed by atoms with Crippen LogP contribution in [0.25, 0.3) is 88.1 Å². The fraction of sp³-hybridized carbons (Fsp3) is 0.339. The summed E-state index contributed by atoms with van der Waals surface area (Å²) in [6, 6.07) is 48.1. The largest absolute Gasteiger partial charge is 0.378 e. The molecule has 4 aromatic carbocycles. The summed E-state index contributed by atoms with van der Waals surface area (Å²) >= 11 is 0. The van der Waals surface area contributed by atoms with E-state index in [9.17, 15) is 19.2 Å². The van der Waals surface area contributed by atoms with Gasteiger partial charge in [-0.1, -0.05) is 24.3 Å². The number of likely N-dealkylation sites (N-methyl/N-ethyl adjacent to an activating group) is 4. The van der Waals surface area contributed by atoms with Crippen LogP contribution in [0, 0.1) is 0 Å². The van der Waals surface area contributed by atoms with Gasteiger partial charge in [0.2, 0.25) is 0 Å². The van der Waals surface area contributed by atoms with Crippen LogP contribution in [0.4, 0.5) is 63.1 Å². The van der Waals surface area contributed by atoms with E-state index in [0.29, 0.717) is 45.5 Å². The highest BCUT2D eigenvalue weighted by Gasteiger charge is 2.28. The Balaban J connectivity index is 0.000000114. The first kappa shape index (κ1) is 96.3. The first-order chi connectivity index (χ1) is 71.5. The Hall–Kier alpha value is -15.8. The van der Waals surface area contributed by atoms with E-state index in [1.807, 2.05) is 171 Å². The van der Waals surface area contributed by atoms with Crippen molar-refractivity contribution >= 4 is 130 Å². The molecule has 8 saturated heterocycles. The molecule has 8 fully saturated rings. The van der Waals surface area contributed by atoms with Gasteiger partial charge in [0.15, 0.2) is 22.8 Å². The van der Waals surface area contributed by atoms with Gasteiger partial charge in [-0.05, 0) is 229 Å². The van der Waals surface area contributed by atoms with Crippen molar-refractivity contribution in [2.24, 2.45) is 0 Å². The minimum absolute atomic E-state index is 0.266. The number of piperidine rings is 1. The second-order valence-electron chi connectivity index (χ2n) is 38.8. The molecule has 8 N–H and O–H groups in total. The summed E-state index contributed by atoms with van der Waals surface area (Å²) in [6.07, 6.45) is 29.4. The van der Waals surface area contributed by atoms with Gasteiger partial charge in [-0.3, -0.25) is 64.4 Å². The number of pyridine rings is 8. The van der Waals surface area contributed by atoms with Gasteiger partial charge in [0.1, 0.15) is 23.3 Å². The van der Waals surface area contributed by atoms with Crippen molar-refractivity contribution in [1.82, 2.24) is 105 Å². The van der Waals surface area contributed by atoms with Crippen molar-refractivity contribution < 1.29 is 23.9 Å². The van der Waals surface area contributed by atoms with E-state index in [1.165, 1.54) is 44.1 Å². The summed E-state index contributed by atoms with van der Waals surface area (Å²) in [5.41, 5.74) is 19.9. The average Bonchev–Trinajstić information content (AvgIpc) is 1.65. The number of hydrogen-bond donors (Lipinski definition) is 8. The molecule has 8 aliphatic heterocycles. The minimum atomic E-state index is -0.280. The molecule has 8 aliphatic rings. The number of carbonyl (C=O) groups excluding carboxylic acids is 4. The summed E-state index contributed by atoms with van der Waals surface area (Å²) < 4.78 is 5.47. The van der Waals surface area contributed by atoms with Gasteiger partial charge in [0, 0.05) is 225 Å². The predicted octanol–water partition coefficient (Wildman–Crippen LogP) is 13.7. The van der Waals surface area contributed by atoms with Crippen molar-refractivity contribution in [2.75, 3.05) is 254 Å². The number of likely N-dealkylation sites (tertiary alicyclic amines) is 1. The van der Waals surface area contributed by atoms with Crippen LogP contribution >= 0.6 is 0 Å². The van der Waals surface area contributed by atoms with Crippen molar-refractivity contribution in [1.29, 1.82) is 0 Å². The first-order valence-electron chi connectivity index (χ1n) is 50.7. The topological polar surface area (TPSA) is 382 Å². The summed E-state index contributed by atoms with van der Waals surface area (Å²) in [6.45, 7) is 26.4. The van der Waals surface area contributed by atoms with Crippen LogP contribution in [-0.4, -0.2) is 327 Å². The van der Waals surface area contributed by atoms with Crippen LogP contribution in [0.5, 0.6) is 0 Å². The molecular weight excluding hydrogens is 1840 g/mol. The zero-order chi connectivity index (χ0) is 99.4. The third-order valence-corrected chi connectivity index (χ3v) is 28.7. The third-order valence-electron chi connectivity index (χ3n) is 28.7. The van der Waals surface area contributed by atoms with Gasteiger partial charge in [-0.2, -0.15) is 20.4 Å². The molecule has 37 nitrogen and oxygen atoms in total. The van der Waals surface area contributed by atoms with Crippen LogP contribution in [0.3, 0.4) is 0 Å². The van der Waals surface area contributed by atoms with Gasteiger partial charge in [0.25, 0.3) is 23.6 Å². The number of morpholine rings is 1. The monoisotopic (exact) mass is 1960 g/mol. The van der Waals surface area contributed by atoms with Crippen LogP contribution in [0.1, 0.15) is 86.0 Å². The van der Waals surface area contributed by atoms with E-state index >= 15 is 0 Å². The number of benzene rings is 4. The van der Waals surface area contributed by atoms with E-state index in [0.717, 1.165) is 305 Å². The lowest BCUT2D eigenvalue weighted by molar-refractivity contribution is 0.101. The molecule has 0 saturated carbocycles. The zero-order valence-electron chi connectivity index (χ0n) is 82.9. The van der Waals surface area contributed by atoms with Gasteiger partial charge >= 0.3 is 0 Å². The standard InChI is InChI=1S/C28H32N8O.C27H30N8O2.2C27H30N8O/c1-34-11-13-36(14-12-34)26-8-6-22(18-30-26)31-28(37)27-24-16-20(5-7-25(24)32-33-27)21-15-23(19-29-17-21)35-9-3-2-4-10-35;1-33-6-8-35(9-7-33)25-5-3-21(17-29-25)30-27(36)26-23-15-19(2-4-24(23)31-32-26)20-14-22(18-28-16-20)34-10-12-37-13-11-34;1-33-9-11-35(12-10-33)25-6-4-22(17-29-25)30-27(36)26-23-14-20(3-5-24(23)31-32-26)21-13-19(15-28-16-21)18-34-7-2-8-34;1-33-10-12-35(13-11-33)25-7-5-21(17-29-25)30-27(36)26-23-15-19(4-6-24(23)31-32-26)20-14-22(18-28-16-20)34-8-2-3-9-34/h5-8,15-19H,2-4,9-14H2,1H3,(H,31,37)(H,32,33);2-5,14-18H,6-13H2,1H3,(H,30,36)(H,31,32);3-6,13-17H,2,7-12,18H2,1H3,(H,30,36)(H,31,32);4-7,14-18H,2-3,8-13H2,1H3,(H,30,36)(H,31,32). The fourth-order valence-corrected chi connectivity index (χ4v) is 19.7. The highest BCUT2D eigenvalue weighted by Crippen LogP contribution is 2.36. The maximum absolute atomic E-state index is 13.2. The van der Waals surface area contributed by atoms with Crippen LogP contribution in [0.2, 0.25) is 0 Å². The molecule has 0 bridgehead atoms. The Bertz CT molecular complexity index is 7010. The highest BCUT2D eigenvalue weighted by atomic mass is 16.5. The summed E-state index contributed by atoms with van der Waals surface area (Å²) in [5.74, 6) is 2.64. The molecule has 12 aromatic heterocycles. The maximum atomic E-state index is 13.2. The lowest BCUT2D eigenvalue weighted by atomic mass is 10.0. The van der Waals surface area contributed by atoms with E-state index in [1.54, 1.807) is 24.8 Å². The lowest BCUT2D eigenvalue weighted by Crippen LogP contribution is -2.44. The number of aromatic amines is 4. The minimum Gasteiger partial charge on any atom is -0.378 e. The first-order valence-corrected chi connectivity index (χ1v) is 50.7. The second kappa shape index (κ2) is 44.6. The van der Waals surface area contributed by atoms with Gasteiger partial charge in [-0.25, -0.2) is 19.9 Å². The predicted molar refractivity (Wildman–Crippen MR) is 575 cm³/mol. The van der Waals surface area contributed by atoms with Crippen LogP contribution < -0.4 is 55.6 Å². The van der Waals surface area contributed by atoms with Crippen LogP contribution in [-0.2, 0) is 11.3 Å². The Morgan fingerprint density at radius 3 is 0.829 bits per heavy atom. The molecule has 146 heavy (non-hydrogen) atoms. The Morgan fingerprint density at radius 2 is 0.548 bits per heavy atom. The van der Waals surface area contributed by atoms with Gasteiger partial charge < -0.3 is 79.9 Å². The van der Waals surface area contributed by atoms with E-state index in [2.05, 4.69) is 213 Å². The SMILES string of the molecule is CN1CCN(c2ccc(NC(=O)c3n[nH]c4ccc(-c5cncc(CN6CCC6)c5)cc34)cn2)CC1.CN1CCN(c2ccc(NC(=O)c3n[nH]c4ccc(-c5cncc(N6CCCC6)c5)cc34)cn2)CC1.CN1CCN(c2ccc(NC(=O)c3n[nH]c4ccc(-c5cncc(N6CCCCC6)c5)cc34)cn2)CC1.CN1CCN(c2ccc(NC(=O)c3n[nH]c4ccc(-c5cncc(N6CCOCC6)c5)cc34)cn2)CC1. The molecule has 24 rings (SSSR count). The molecule has 0 spiro atoms. The molecule has 37 heteroatoms. The number of carbonyl (C=O) groups is 4. The number of anilines is 11. The van der Waals surface area contributed by atoms with Crippen LogP contribution in [0.15, 0.2) is 220 Å². The van der Waals surface area contributed by atoms with E-state index < -0.39 is 0 Å². The maximum Gasteiger partial charge on any atom is 0.276 e. The van der Waals surface area contributed by atoms with E-state index in [4.69, 9.17) is 4.74 Å². The normalized spacial score (nSPS) is 16.7. The summed E-state index contributed by atoms with van der Waals surface area (Å²) in [4.78, 5) is 117. The second-order valence-corrected chi connectivity index (χ2v) is 38.8. The number of H-pyrrole nitrogens is 4. The number of rotatable bonds is 21. The Labute approximate surface area is 846 Å². The number of amides is 4. The molecule has 748 valence electrons. The summed E-state index contributed by atoms with van der Waals surface area (Å²) in [7, 11) is 8.53. The molecule has 16 aromatic rings.